The van der Waals surface area contributed by atoms with Gasteiger partial charge in [0, 0.05) is 0 Å². The Morgan fingerprint density at radius 2 is 1.62 bits per heavy atom. The number of benzene rings is 3. The second-order valence-corrected chi connectivity index (χ2v) is 19.8. The predicted octanol–water partition coefficient (Wildman–Crippen LogP) is 6.67. The van der Waals surface area contributed by atoms with Crippen LogP contribution in [-0.2, 0) is 5.41 Å². The maximum atomic E-state index is 13.5. The molecule has 6 heteroatoms. The van der Waals surface area contributed by atoms with Gasteiger partial charge in [-0.1, -0.05) is 43.4 Å². The number of hydrogen-bond acceptors (Lipinski definition) is 4. The van der Waals surface area contributed by atoms with Crippen LogP contribution in [0, 0.1) is 0 Å². The summed E-state index contributed by atoms with van der Waals surface area (Å²) in [4.78, 5) is 30.3. The van der Waals surface area contributed by atoms with Gasteiger partial charge in [0.15, 0.2) is 0 Å². The Morgan fingerprint density at radius 1 is 0.872 bits per heavy atom. The Kier molecular flexibility index (Phi) is 4.77. The topological polar surface area (TPSA) is 37.4 Å². The van der Waals surface area contributed by atoms with E-state index >= 15 is 0 Å². The molecule has 3 aliphatic rings. The van der Waals surface area contributed by atoms with E-state index in [1.807, 2.05) is 18.2 Å². The third-order valence-corrected chi connectivity index (χ3v) is 16.0. The van der Waals surface area contributed by atoms with E-state index in [0.29, 0.717) is 16.7 Å². The standard InChI is InChI=1S/C33H25NO2SSiTe/c1-33(2)23-8-7-11-27-29(23)34(25-9-5-6-10-26(25)38(27,3)4)32-24(33)16-19(37-32)15-22-30(35)20-14-18-12-13-39-28(18)17-21(20)31(22)36/h5-17H,1-4H3/b22-15-. The molecular formula is C33H25NO2SSiTe. The van der Waals surface area contributed by atoms with E-state index in [-0.39, 0.29) is 17.0 Å². The van der Waals surface area contributed by atoms with Crippen LogP contribution in [0.5, 0.6) is 0 Å². The number of nitrogens with zero attached hydrogens (tertiary/aromatic N) is 1. The van der Waals surface area contributed by atoms with E-state index in [9.17, 15) is 9.59 Å². The molecule has 0 N–H and O–H groups in total. The number of Topliss-reactive ketones (excluding diaryl/α,β-unsaturated/α-hetero) is 2. The van der Waals surface area contributed by atoms with Crippen LogP contribution >= 0.6 is 11.3 Å². The molecule has 39 heavy (non-hydrogen) atoms. The zero-order chi connectivity index (χ0) is 26.8. The van der Waals surface area contributed by atoms with Gasteiger partial charge in [-0.2, -0.15) is 0 Å². The predicted molar refractivity (Wildman–Crippen MR) is 165 cm³/mol. The first-order valence-electron chi connectivity index (χ1n) is 13.2. The fraction of sp³-hybridized carbons (Fsp3) is 0.152. The Bertz CT molecular complexity index is 1920. The normalized spacial score (nSPS) is 18.8. The van der Waals surface area contributed by atoms with Crippen molar-refractivity contribution in [3.05, 3.63) is 104 Å². The molecule has 4 heterocycles. The summed E-state index contributed by atoms with van der Waals surface area (Å²) in [5.41, 5.74) is 6.40. The number of carbonyl (C=O) groups is 2. The Balaban J connectivity index is 1.32. The van der Waals surface area contributed by atoms with Crippen molar-refractivity contribution < 1.29 is 9.59 Å². The number of para-hydroxylation sites is 2. The molecule has 1 aliphatic carbocycles. The number of fused-ring (bicyclic) bond motifs is 6. The summed E-state index contributed by atoms with van der Waals surface area (Å²) in [5, 5.41) is 5.20. The average Bonchev–Trinajstić information content (AvgIpc) is 3.62. The number of rotatable bonds is 1. The monoisotopic (exact) mass is 657 g/mol. The number of anilines is 3. The summed E-state index contributed by atoms with van der Waals surface area (Å²) in [6.07, 6.45) is 1.85. The Hall–Kier alpha value is -3.01. The maximum absolute atomic E-state index is 13.5. The van der Waals surface area contributed by atoms with Gasteiger partial charge in [-0.25, -0.2) is 0 Å². The van der Waals surface area contributed by atoms with Crippen molar-refractivity contribution in [3.63, 3.8) is 0 Å². The first-order valence-corrected chi connectivity index (χ1v) is 19.5. The van der Waals surface area contributed by atoms with Crippen LogP contribution in [0.25, 0.3) is 14.9 Å². The number of allylic oxidation sites excluding steroid dienone is 1. The summed E-state index contributed by atoms with van der Waals surface area (Å²) in [5.74, 6) is -0.282. The van der Waals surface area contributed by atoms with Gasteiger partial charge in [0.05, 0.1) is 0 Å². The van der Waals surface area contributed by atoms with Gasteiger partial charge >= 0.3 is 192 Å². The van der Waals surface area contributed by atoms with Crippen LogP contribution in [-0.4, -0.2) is 40.1 Å². The van der Waals surface area contributed by atoms with Gasteiger partial charge in [-0.15, -0.1) is 0 Å². The molecule has 0 fully saturated rings. The van der Waals surface area contributed by atoms with Crippen molar-refractivity contribution in [3.8, 4) is 0 Å². The second kappa shape index (κ2) is 7.80. The molecule has 8 rings (SSSR count). The van der Waals surface area contributed by atoms with Crippen molar-refractivity contribution in [2.24, 2.45) is 0 Å². The van der Waals surface area contributed by atoms with E-state index in [4.69, 9.17) is 0 Å². The Morgan fingerprint density at radius 3 is 2.44 bits per heavy atom. The molecule has 0 unspecified atom stereocenters. The van der Waals surface area contributed by atoms with Crippen LogP contribution < -0.4 is 15.3 Å². The second-order valence-electron chi connectivity index (χ2n) is 11.7. The van der Waals surface area contributed by atoms with Gasteiger partial charge in [0.2, 0.25) is 0 Å². The fourth-order valence-corrected chi connectivity index (χ4v) is 13.3. The van der Waals surface area contributed by atoms with Gasteiger partial charge in [-0.3, -0.25) is 0 Å². The van der Waals surface area contributed by atoms with E-state index in [2.05, 4.69) is 90.5 Å². The SMILES string of the molecule is CC1(C)c2cc(/C=C3/C(=O)c4cc5cc[te]c5cc4C3=O)sc2N2c3ccccc3[Si](C)(C)c3cccc1c32. The van der Waals surface area contributed by atoms with Crippen molar-refractivity contribution in [1.82, 2.24) is 0 Å². The van der Waals surface area contributed by atoms with Crippen LogP contribution in [0.3, 0.4) is 0 Å². The van der Waals surface area contributed by atoms with Gasteiger partial charge in [-0.05, 0) is 0 Å². The number of carbonyl (C=O) groups excluding carboxylic acids is 2. The molecule has 0 spiro atoms. The minimum absolute atomic E-state index is 0.135. The van der Waals surface area contributed by atoms with E-state index in [1.54, 1.807) is 11.3 Å². The van der Waals surface area contributed by atoms with Gasteiger partial charge in [0.1, 0.15) is 8.07 Å². The Labute approximate surface area is 242 Å². The van der Waals surface area contributed by atoms with Crippen LogP contribution in [0.2, 0.25) is 13.1 Å². The van der Waals surface area contributed by atoms with Crippen LogP contribution in [0.15, 0.2) is 76.4 Å². The third-order valence-electron chi connectivity index (χ3n) is 8.89. The molecule has 0 bridgehead atoms. The van der Waals surface area contributed by atoms with Crippen molar-refractivity contribution in [1.29, 1.82) is 0 Å². The summed E-state index contributed by atoms with van der Waals surface area (Å²) < 4.78 is 3.46. The first-order chi connectivity index (χ1) is 18.7. The zero-order valence-corrected chi connectivity index (χ0v) is 26.2. The summed E-state index contributed by atoms with van der Waals surface area (Å²) in [6, 6.07) is 23.9. The first kappa shape index (κ1) is 23.8. The number of thiophene rings is 1. The van der Waals surface area contributed by atoms with Crippen LogP contribution in [0.1, 0.15) is 50.6 Å². The van der Waals surface area contributed by atoms with E-state index in [0.717, 1.165) is 10.3 Å². The third kappa shape index (κ3) is 3.04. The molecule has 0 amide bonds. The summed E-state index contributed by atoms with van der Waals surface area (Å²) in [7, 11) is -1.90. The number of ketones is 2. The molecule has 3 aromatic carbocycles. The molecule has 0 saturated heterocycles. The van der Waals surface area contributed by atoms with Crippen LogP contribution in [0.4, 0.5) is 16.4 Å². The molecule has 0 saturated carbocycles. The fourth-order valence-electron chi connectivity index (χ4n) is 6.75. The minimum atomic E-state index is -1.90. The van der Waals surface area contributed by atoms with E-state index < -0.39 is 28.5 Å². The molecule has 2 aliphatic heterocycles. The van der Waals surface area contributed by atoms with Gasteiger partial charge < -0.3 is 0 Å². The molecule has 0 atom stereocenters. The van der Waals surface area contributed by atoms with Crippen molar-refractivity contribution in [2.45, 2.75) is 32.4 Å². The molecule has 2 aromatic heterocycles. The quantitative estimate of drug-likeness (QED) is 0.115. The van der Waals surface area contributed by atoms with E-state index in [1.165, 1.54) is 41.3 Å². The van der Waals surface area contributed by atoms with Gasteiger partial charge in [0.25, 0.3) is 0 Å². The molecule has 3 nitrogen and oxygen atoms in total. The molecular weight excluding hydrogens is 630 g/mol. The molecule has 190 valence electrons. The summed E-state index contributed by atoms with van der Waals surface area (Å²) in [6.45, 7) is 9.51. The summed E-state index contributed by atoms with van der Waals surface area (Å²) >= 11 is 1.29. The van der Waals surface area contributed by atoms with Crippen molar-refractivity contribution in [2.75, 3.05) is 4.90 Å². The average molecular weight is 655 g/mol. The molecule has 5 aromatic rings. The zero-order valence-electron chi connectivity index (χ0n) is 22.1. The van der Waals surface area contributed by atoms with Crippen molar-refractivity contribution >= 4 is 93.0 Å². The molecule has 0 radical (unpaired) electrons. The number of hydrogen-bond donors (Lipinski definition) is 0.